The summed E-state index contributed by atoms with van der Waals surface area (Å²) in [6, 6.07) is 3.69. The van der Waals surface area contributed by atoms with Crippen molar-refractivity contribution in [1.82, 2.24) is 19.7 Å². The van der Waals surface area contributed by atoms with Gasteiger partial charge in [-0.3, -0.25) is 4.79 Å². The van der Waals surface area contributed by atoms with Gasteiger partial charge in [0.05, 0.1) is 5.69 Å². The van der Waals surface area contributed by atoms with Crippen molar-refractivity contribution in [1.29, 1.82) is 0 Å². The Balaban J connectivity index is 1.71. The third kappa shape index (κ3) is 7.87. The number of hydrogen-bond donors (Lipinski definition) is 5. The molecule has 3 rings (SSSR count). The first kappa shape index (κ1) is 26.3. The van der Waals surface area contributed by atoms with Gasteiger partial charge in [-0.15, -0.1) is 0 Å². The van der Waals surface area contributed by atoms with E-state index in [1.807, 2.05) is 6.92 Å². The topological polar surface area (TPSA) is 173 Å². The second-order valence-electron chi connectivity index (χ2n) is 7.91. The van der Waals surface area contributed by atoms with Crippen molar-refractivity contribution in [2.75, 3.05) is 42.3 Å². The highest BCUT2D eigenvalue weighted by Crippen LogP contribution is 2.25. The van der Waals surface area contributed by atoms with E-state index in [-0.39, 0.29) is 24.1 Å². The molecule has 0 radical (unpaired) electrons. The third-order valence-corrected chi connectivity index (χ3v) is 6.35. The molecule has 2 aromatic heterocycles. The monoisotopic (exact) mass is 504 g/mol. The first-order chi connectivity index (χ1) is 16.8. The normalized spacial score (nSPS) is 14.3. The van der Waals surface area contributed by atoms with E-state index in [9.17, 15) is 13.2 Å². The van der Waals surface area contributed by atoms with Gasteiger partial charge in [-0.1, -0.05) is 13.5 Å². The van der Waals surface area contributed by atoms with Gasteiger partial charge in [0.25, 0.3) is 5.91 Å². The molecule has 0 unspecified atom stereocenters. The molecule has 190 valence electrons. The fourth-order valence-electron chi connectivity index (χ4n) is 3.45. The van der Waals surface area contributed by atoms with E-state index >= 15 is 0 Å². The predicted octanol–water partition coefficient (Wildman–Crippen LogP) is 1.73. The summed E-state index contributed by atoms with van der Waals surface area (Å²) in [5.41, 5.74) is 6.95. The van der Waals surface area contributed by atoms with E-state index in [1.165, 1.54) is 0 Å². The summed E-state index contributed by atoms with van der Waals surface area (Å²) >= 11 is 0. The Kier molecular flexibility index (Phi) is 9.34. The summed E-state index contributed by atoms with van der Waals surface area (Å²) < 4.78 is 30.6. The van der Waals surface area contributed by atoms with Gasteiger partial charge in [-0.2, -0.15) is 0 Å². The Bertz CT molecular complexity index is 1140. The van der Waals surface area contributed by atoms with Crippen LogP contribution in [-0.2, 0) is 21.2 Å². The Labute approximate surface area is 205 Å². The minimum Gasteiger partial charge on any atom is -0.381 e. The molecule has 0 bridgehead atoms. The first-order valence-corrected chi connectivity index (χ1v) is 13.0. The summed E-state index contributed by atoms with van der Waals surface area (Å²) in [5, 5.41) is 10.6. The SMILES string of the molecule is C=CS(=O)(=O)NCCCNc1cc(Nc2nc(NC3CCOCC3)c(CC)nc2C(N)=O)ccn1. The number of sulfonamides is 1. The van der Waals surface area contributed by atoms with Gasteiger partial charge in [0.15, 0.2) is 17.3 Å². The number of primary amides is 1. The van der Waals surface area contributed by atoms with Crippen LogP contribution in [0.4, 0.5) is 23.1 Å². The van der Waals surface area contributed by atoms with Crippen molar-refractivity contribution >= 4 is 39.1 Å². The number of aromatic nitrogens is 3. The fraction of sp³-hybridized carbons (Fsp3) is 0.455. The molecule has 1 fully saturated rings. The van der Waals surface area contributed by atoms with Crippen molar-refractivity contribution in [3.05, 3.63) is 41.7 Å². The highest BCUT2D eigenvalue weighted by molar-refractivity contribution is 7.92. The van der Waals surface area contributed by atoms with E-state index in [1.54, 1.807) is 18.3 Å². The van der Waals surface area contributed by atoms with Gasteiger partial charge in [-0.25, -0.2) is 28.1 Å². The summed E-state index contributed by atoms with van der Waals surface area (Å²) in [6.45, 7) is 7.33. The van der Waals surface area contributed by atoms with Crippen LogP contribution in [-0.4, -0.2) is 61.6 Å². The maximum absolute atomic E-state index is 12.1. The lowest BCUT2D eigenvalue weighted by Crippen LogP contribution is -2.29. The molecule has 1 amide bonds. The zero-order valence-electron chi connectivity index (χ0n) is 19.7. The highest BCUT2D eigenvalue weighted by atomic mass is 32.2. The van der Waals surface area contributed by atoms with Gasteiger partial charge in [0.2, 0.25) is 10.0 Å². The van der Waals surface area contributed by atoms with Crippen molar-refractivity contribution in [3.63, 3.8) is 0 Å². The molecule has 2 aromatic rings. The van der Waals surface area contributed by atoms with Crippen LogP contribution in [0.1, 0.15) is 42.4 Å². The summed E-state index contributed by atoms with van der Waals surface area (Å²) in [6.07, 6.45) is 4.46. The number of pyridine rings is 1. The predicted molar refractivity (Wildman–Crippen MR) is 135 cm³/mol. The zero-order valence-corrected chi connectivity index (χ0v) is 20.5. The quantitative estimate of drug-likeness (QED) is 0.253. The Morgan fingerprint density at radius 3 is 2.71 bits per heavy atom. The minimum absolute atomic E-state index is 0.0557. The number of nitrogens with one attached hydrogen (secondary N) is 4. The van der Waals surface area contributed by atoms with Crippen LogP contribution in [0.5, 0.6) is 0 Å². The van der Waals surface area contributed by atoms with Crippen LogP contribution in [0.2, 0.25) is 0 Å². The van der Waals surface area contributed by atoms with Crippen LogP contribution in [0.3, 0.4) is 0 Å². The molecule has 0 aliphatic carbocycles. The van der Waals surface area contributed by atoms with E-state index in [0.717, 1.165) is 18.2 Å². The zero-order chi connectivity index (χ0) is 25.3. The largest absolute Gasteiger partial charge is 0.381 e. The van der Waals surface area contributed by atoms with Gasteiger partial charge in [-0.05, 0) is 31.7 Å². The number of anilines is 4. The summed E-state index contributed by atoms with van der Waals surface area (Å²) in [7, 11) is -3.44. The molecular formula is C22H32N8O4S. The number of aryl methyl sites for hydroxylation is 1. The lowest BCUT2D eigenvalue weighted by molar-refractivity contribution is 0.0903. The number of amides is 1. The Morgan fingerprint density at radius 1 is 1.26 bits per heavy atom. The maximum Gasteiger partial charge on any atom is 0.271 e. The molecular weight excluding hydrogens is 472 g/mol. The molecule has 0 atom stereocenters. The van der Waals surface area contributed by atoms with E-state index in [2.05, 4.69) is 42.2 Å². The number of hydrogen-bond acceptors (Lipinski definition) is 10. The third-order valence-electron chi connectivity index (χ3n) is 5.30. The van der Waals surface area contributed by atoms with Crippen molar-refractivity contribution in [2.45, 2.75) is 38.6 Å². The standard InChI is InChI=1S/C22H32N8O4S/c1-3-17-21(27-15-7-12-34-13-8-15)30-22(19(29-17)20(23)31)28-16-6-11-25-18(14-16)24-9-5-10-26-35(32,33)4-2/h4,6,11,14-15,26H,2-3,5,7-10,12-13H2,1H3,(H2,23,31)(H3,24,25,27,28,30). The molecule has 6 N–H and O–H groups in total. The van der Waals surface area contributed by atoms with Crippen molar-refractivity contribution < 1.29 is 17.9 Å². The van der Waals surface area contributed by atoms with E-state index in [0.29, 0.717) is 55.6 Å². The molecule has 0 aromatic carbocycles. The molecule has 13 heteroatoms. The van der Waals surface area contributed by atoms with Crippen LogP contribution in [0, 0.1) is 0 Å². The smallest absolute Gasteiger partial charge is 0.271 e. The molecule has 1 saturated heterocycles. The second kappa shape index (κ2) is 12.4. The molecule has 1 aliphatic heterocycles. The lowest BCUT2D eigenvalue weighted by Gasteiger charge is -2.25. The summed E-state index contributed by atoms with van der Waals surface area (Å²) in [5.74, 6) is 0.754. The van der Waals surface area contributed by atoms with Crippen molar-refractivity contribution in [3.8, 4) is 0 Å². The number of carbonyl (C=O) groups is 1. The molecule has 3 heterocycles. The number of nitrogens with two attached hydrogens (primary N) is 1. The number of rotatable bonds is 13. The van der Waals surface area contributed by atoms with E-state index < -0.39 is 15.9 Å². The first-order valence-electron chi connectivity index (χ1n) is 11.5. The molecule has 12 nitrogen and oxygen atoms in total. The lowest BCUT2D eigenvalue weighted by atomic mass is 10.1. The summed E-state index contributed by atoms with van der Waals surface area (Å²) in [4.78, 5) is 25.5. The van der Waals surface area contributed by atoms with Gasteiger partial charge in [0, 0.05) is 55.7 Å². The molecule has 0 spiro atoms. The van der Waals surface area contributed by atoms with E-state index in [4.69, 9.17) is 10.5 Å². The Morgan fingerprint density at radius 2 is 2.03 bits per heavy atom. The second-order valence-corrected chi connectivity index (χ2v) is 9.62. The molecule has 0 saturated carbocycles. The van der Waals surface area contributed by atoms with Crippen molar-refractivity contribution in [2.24, 2.45) is 5.73 Å². The fourth-order valence-corrected chi connectivity index (χ4v) is 3.99. The van der Waals surface area contributed by atoms with Crippen LogP contribution >= 0.6 is 0 Å². The van der Waals surface area contributed by atoms with Gasteiger partial charge in [0.1, 0.15) is 5.82 Å². The minimum atomic E-state index is -3.44. The molecule has 35 heavy (non-hydrogen) atoms. The molecule has 1 aliphatic rings. The highest BCUT2D eigenvalue weighted by Gasteiger charge is 2.20. The number of carbonyl (C=O) groups excluding carboxylic acids is 1. The van der Waals surface area contributed by atoms with Crippen LogP contribution < -0.4 is 26.4 Å². The maximum atomic E-state index is 12.1. The number of ether oxygens (including phenoxy) is 1. The average molecular weight is 505 g/mol. The van der Waals surface area contributed by atoms with Crippen LogP contribution in [0.15, 0.2) is 30.3 Å². The Hall–Kier alpha value is -3.29. The average Bonchev–Trinajstić information content (AvgIpc) is 2.84. The van der Waals surface area contributed by atoms with Gasteiger partial charge < -0.3 is 26.4 Å². The van der Waals surface area contributed by atoms with Crippen LogP contribution in [0.25, 0.3) is 0 Å². The van der Waals surface area contributed by atoms with Gasteiger partial charge >= 0.3 is 0 Å². The number of nitrogens with zero attached hydrogens (tertiary/aromatic N) is 3.